The molecule has 0 radical (unpaired) electrons. The fourth-order valence-electron chi connectivity index (χ4n) is 0.805. The third-order valence-electron chi connectivity index (χ3n) is 1.40. The van der Waals surface area contributed by atoms with Crippen LogP contribution in [-0.2, 0) is 0 Å². The monoisotopic (exact) mass is 101 g/mol. The van der Waals surface area contributed by atoms with Crippen LogP contribution in [0.3, 0.4) is 0 Å². The highest BCUT2D eigenvalue weighted by atomic mass is 16.3. The summed E-state index contributed by atoms with van der Waals surface area (Å²) in [7, 11) is 0. The van der Waals surface area contributed by atoms with Crippen LogP contribution >= 0.6 is 0 Å². The van der Waals surface area contributed by atoms with Crippen molar-refractivity contribution >= 4 is 0 Å². The maximum Gasteiger partial charge on any atom is 0.0680 e. The van der Waals surface area contributed by atoms with Gasteiger partial charge in [0.05, 0.1) is 6.10 Å². The summed E-state index contributed by atoms with van der Waals surface area (Å²) in [6, 6.07) is 0.917. The number of aliphatic hydroxyl groups is 1. The highest BCUT2D eigenvalue weighted by Crippen LogP contribution is 2.12. The van der Waals surface area contributed by atoms with Gasteiger partial charge < -0.3 is 10.4 Å². The molecule has 1 unspecified atom stereocenters. The smallest absolute Gasteiger partial charge is 0.0680 e. The Bertz CT molecular complexity index is 72.5. The van der Waals surface area contributed by atoms with Gasteiger partial charge in [0.25, 0.3) is 0 Å². The van der Waals surface area contributed by atoms with Crippen molar-refractivity contribution < 1.29 is 5.11 Å². The predicted molar refractivity (Wildman–Crippen MR) is 28.1 cm³/mol. The van der Waals surface area contributed by atoms with Gasteiger partial charge in [-0.05, 0) is 13.8 Å². The molecule has 1 aliphatic rings. The normalized spacial score (nSPS) is 43.3. The third kappa shape index (κ3) is 0.924. The first-order chi connectivity index (χ1) is 3.22. The number of hydrogen-bond donors (Lipinski definition) is 2. The Balaban J connectivity index is 2.20. The summed E-state index contributed by atoms with van der Waals surface area (Å²) in [5.74, 6) is 0. The van der Waals surface area contributed by atoms with Crippen molar-refractivity contribution in [3.05, 3.63) is 0 Å². The number of hydrogen-bond acceptors (Lipinski definition) is 2. The van der Waals surface area contributed by atoms with Gasteiger partial charge in [0.15, 0.2) is 0 Å². The van der Waals surface area contributed by atoms with Crippen LogP contribution in [0.5, 0.6) is 0 Å². The maximum absolute atomic E-state index is 8.80. The Labute approximate surface area is 43.5 Å². The van der Waals surface area contributed by atoms with Crippen molar-refractivity contribution in [2.24, 2.45) is 0 Å². The molecule has 1 saturated heterocycles. The Morgan fingerprint density at radius 3 is 2.14 bits per heavy atom. The molecule has 1 aliphatic heterocycles. The van der Waals surface area contributed by atoms with Crippen molar-refractivity contribution in [2.45, 2.75) is 32.0 Å². The van der Waals surface area contributed by atoms with Crippen molar-refractivity contribution in [2.75, 3.05) is 0 Å². The van der Waals surface area contributed by atoms with Gasteiger partial charge in [-0.1, -0.05) is 0 Å². The summed E-state index contributed by atoms with van der Waals surface area (Å²) in [5, 5.41) is 11.9. The van der Waals surface area contributed by atoms with Gasteiger partial charge in [0.1, 0.15) is 0 Å². The zero-order chi connectivity index (χ0) is 5.44. The van der Waals surface area contributed by atoms with Crippen LogP contribution in [0.1, 0.15) is 13.8 Å². The van der Waals surface area contributed by atoms with Crippen LogP contribution in [0.2, 0.25) is 0 Å². The fourth-order valence-corrected chi connectivity index (χ4v) is 0.805. The average Bonchev–Trinajstić information content (AvgIpc) is 2.17. The molecular weight excluding hydrogens is 90.1 g/mol. The van der Waals surface area contributed by atoms with Crippen LogP contribution in [0, 0.1) is 0 Å². The molecule has 1 fully saturated rings. The molecule has 0 spiro atoms. The third-order valence-corrected chi connectivity index (χ3v) is 1.40. The van der Waals surface area contributed by atoms with Crippen molar-refractivity contribution in [1.29, 1.82) is 0 Å². The van der Waals surface area contributed by atoms with Crippen LogP contribution < -0.4 is 5.32 Å². The Kier molecular flexibility index (Phi) is 1.05. The second kappa shape index (κ2) is 1.46. The van der Waals surface area contributed by atoms with Gasteiger partial charge in [0, 0.05) is 12.1 Å². The van der Waals surface area contributed by atoms with Gasteiger partial charge in [-0.3, -0.25) is 0 Å². The molecule has 42 valence electrons. The largest absolute Gasteiger partial charge is 0.392 e. The summed E-state index contributed by atoms with van der Waals surface area (Å²) >= 11 is 0. The van der Waals surface area contributed by atoms with Crippen LogP contribution in [0.4, 0.5) is 0 Å². The van der Waals surface area contributed by atoms with Gasteiger partial charge in [-0.25, -0.2) is 0 Å². The van der Waals surface area contributed by atoms with Gasteiger partial charge in [0.2, 0.25) is 0 Å². The molecule has 2 nitrogen and oxygen atoms in total. The molecule has 0 aliphatic carbocycles. The minimum atomic E-state index is -0.171. The quantitative estimate of drug-likeness (QED) is 0.446. The first-order valence-corrected chi connectivity index (χ1v) is 2.66. The number of nitrogens with one attached hydrogen (secondary N) is 1. The van der Waals surface area contributed by atoms with E-state index in [4.69, 9.17) is 5.11 Å². The first-order valence-electron chi connectivity index (χ1n) is 2.66. The van der Waals surface area contributed by atoms with E-state index in [9.17, 15) is 0 Å². The Morgan fingerprint density at radius 2 is 2.14 bits per heavy atom. The molecule has 0 aromatic carbocycles. The van der Waals surface area contributed by atoms with E-state index in [2.05, 4.69) is 12.2 Å². The minimum Gasteiger partial charge on any atom is -0.392 e. The predicted octanol–water partition coefficient (Wildman–Crippen LogP) is -0.273. The molecule has 0 saturated carbocycles. The topological polar surface area (TPSA) is 42.2 Å². The molecule has 0 aromatic heterocycles. The van der Waals surface area contributed by atoms with Gasteiger partial charge in [-0.2, -0.15) is 0 Å². The molecule has 0 aromatic rings. The molecular formula is C5H11NO. The van der Waals surface area contributed by atoms with Crippen LogP contribution in [-0.4, -0.2) is 23.3 Å². The maximum atomic E-state index is 8.80. The molecule has 7 heavy (non-hydrogen) atoms. The van der Waals surface area contributed by atoms with Crippen LogP contribution in [0.25, 0.3) is 0 Å². The zero-order valence-corrected chi connectivity index (χ0v) is 4.68. The summed E-state index contributed by atoms with van der Waals surface area (Å²) in [5.41, 5.74) is 0. The minimum absolute atomic E-state index is 0.171. The molecule has 3 atom stereocenters. The fraction of sp³-hybridized carbons (Fsp3) is 1.00. The molecule has 2 heteroatoms. The summed E-state index contributed by atoms with van der Waals surface area (Å²) in [4.78, 5) is 0. The van der Waals surface area contributed by atoms with Crippen molar-refractivity contribution in [3.63, 3.8) is 0 Å². The van der Waals surface area contributed by atoms with E-state index in [1.807, 2.05) is 0 Å². The Morgan fingerprint density at radius 1 is 1.71 bits per heavy atom. The second-order valence-electron chi connectivity index (χ2n) is 2.22. The summed E-state index contributed by atoms with van der Waals surface area (Å²) in [6.45, 7) is 3.87. The summed E-state index contributed by atoms with van der Waals surface area (Å²) < 4.78 is 0. The zero-order valence-electron chi connectivity index (χ0n) is 4.68. The van der Waals surface area contributed by atoms with Gasteiger partial charge >= 0.3 is 0 Å². The van der Waals surface area contributed by atoms with Crippen molar-refractivity contribution in [1.82, 2.24) is 5.32 Å². The molecule has 2 N–H and O–H groups in total. The van der Waals surface area contributed by atoms with Crippen LogP contribution in [0.15, 0.2) is 0 Å². The number of rotatable bonds is 1. The molecule has 1 rings (SSSR count). The standard InChI is InChI=1S/C5H11NO/c1-3-5(6-3)4(2)7/h3-7H,1-2H3/t3-,4?,5-/m1/s1. The lowest BCUT2D eigenvalue weighted by atomic mass is 10.2. The lowest BCUT2D eigenvalue weighted by Crippen LogP contribution is -2.11. The van der Waals surface area contributed by atoms with E-state index in [0.29, 0.717) is 12.1 Å². The second-order valence-corrected chi connectivity index (χ2v) is 2.22. The molecule has 0 bridgehead atoms. The van der Waals surface area contributed by atoms with Crippen molar-refractivity contribution in [3.8, 4) is 0 Å². The highest BCUT2D eigenvalue weighted by Gasteiger charge is 2.34. The molecule has 0 amide bonds. The van der Waals surface area contributed by atoms with E-state index in [-0.39, 0.29) is 6.10 Å². The number of aliphatic hydroxyl groups excluding tert-OH is 1. The molecule has 1 heterocycles. The lowest BCUT2D eigenvalue weighted by molar-refractivity contribution is 0.191. The highest BCUT2D eigenvalue weighted by molar-refractivity contribution is 4.97. The SMILES string of the molecule is CC(O)[C@@H]1N[C@@H]1C. The van der Waals surface area contributed by atoms with E-state index < -0.39 is 0 Å². The first kappa shape index (κ1) is 5.06. The van der Waals surface area contributed by atoms with E-state index in [1.165, 1.54) is 0 Å². The van der Waals surface area contributed by atoms with E-state index >= 15 is 0 Å². The van der Waals surface area contributed by atoms with Gasteiger partial charge in [-0.15, -0.1) is 0 Å². The average molecular weight is 101 g/mol. The Hall–Kier alpha value is -0.0800. The lowest BCUT2D eigenvalue weighted by Gasteiger charge is -1.94. The van der Waals surface area contributed by atoms with E-state index in [0.717, 1.165) is 0 Å². The summed E-state index contributed by atoms with van der Waals surface area (Å²) in [6.07, 6.45) is -0.171. The van der Waals surface area contributed by atoms with E-state index in [1.54, 1.807) is 6.92 Å².